The molecule has 0 aromatic carbocycles. The number of hydrogen-bond donors (Lipinski definition) is 2. The van der Waals surface area contributed by atoms with Gasteiger partial charge < -0.3 is 19.8 Å². The van der Waals surface area contributed by atoms with E-state index in [4.69, 9.17) is 9.47 Å². The first-order valence-corrected chi connectivity index (χ1v) is 7.66. The van der Waals surface area contributed by atoms with Gasteiger partial charge in [-0.25, -0.2) is 4.98 Å². The SMILES string of the molecule is CCOc1ccc2[nH]c(CCOC3CCNCC3)nc2n1. The Morgan fingerprint density at radius 3 is 2.90 bits per heavy atom. The summed E-state index contributed by atoms with van der Waals surface area (Å²) in [6.45, 7) is 5.36. The Labute approximate surface area is 124 Å². The molecular weight excluding hydrogens is 268 g/mol. The molecule has 0 spiro atoms. The van der Waals surface area contributed by atoms with Crippen LogP contribution >= 0.6 is 0 Å². The summed E-state index contributed by atoms with van der Waals surface area (Å²) in [5.74, 6) is 1.54. The number of ether oxygens (including phenoxy) is 2. The maximum absolute atomic E-state index is 5.90. The maximum atomic E-state index is 5.90. The van der Waals surface area contributed by atoms with Gasteiger partial charge in [0.15, 0.2) is 5.65 Å². The first-order chi connectivity index (χ1) is 10.3. The molecule has 1 aliphatic heterocycles. The van der Waals surface area contributed by atoms with E-state index in [1.165, 1.54) is 0 Å². The van der Waals surface area contributed by atoms with Gasteiger partial charge in [-0.15, -0.1) is 0 Å². The largest absolute Gasteiger partial charge is 0.478 e. The van der Waals surface area contributed by atoms with Gasteiger partial charge in [0.2, 0.25) is 5.88 Å². The minimum Gasteiger partial charge on any atom is -0.478 e. The molecule has 0 atom stereocenters. The van der Waals surface area contributed by atoms with Crippen molar-refractivity contribution in [1.29, 1.82) is 0 Å². The van der Waals surface area contributed by atoms with Crippen molar-refractivity contribution in [2.45, 2.75) is 32.3 Å². The van der Waals surface area contributed by atoms with Crippen LogP contribution in [0.3, 0.4) is 0 Å². The summed E-state index contributed by atoms with van der Waals surface area (Å²) in [4.78, 5) is 12.2. The van der Waals surface area contributed by atoms with Crippen molar-refractivity contribution in [3.05, 3.63) is 18.0 Å². The van der Waals surface area contributed by atoms with Gasteiger partial charge >= 0.3 is 0 Å². The zero-order valence-corrected chi connectivity index (χ0v) is 12.4. The first-order valence-electron chi connectivity index (χ1n) is 7.66. The molecule has 0 radical (unpaired) electrons. The van der Waals surface area contributed by atoms with Gasteiger partial charge in [-0.05, 0) is 38.9 Å². The van der Waals surface area contributed by atoms with Crippen molar-refractivity contribution in [1.82, 2.24) is 20.3 Å². The lowest BCUT2D eigenvalue weighted by atomic mass is 10.1. The van der Waals surface area contributed by atoms with Gasteiger partial charge in [0, 0.05) is 12.5 Å². The van der Waals surface area contributed by atoms with Gasteiger partial charge in [0.25, 0.3) is 0 Å². The first kappa shape index (κ1) is 14.3. The summed E-state index contributed by atoms with van der Waals surface area (Å²) in [5.41, 5.74) is 1.65. The van der Waals surface area contributed by atoms with E-state index in [9.17, 15) is 0 Å². The van der Waals surface area contributed by atoms with Crippen LogP contribution in [-0.2, 0) is 11.2 Å². The molecule has 2 N–H and O–H groups in total. The van der Waals surface area contributed by atoms with Crippen molar-refractivity contribution in [2.75, 3.05) is 26.3 Å². The lowest BCUT2D eigenvalue weighted by molar-refractivity contribution is 0.0343. The Balaban J connectivity index is 1.56. The molecule has 0 saturated carbocycles. The average Bonchev–Trinajstić information content (AvgIpc) is 2.91. The maximum Gasteiger partial charge on any atom is 0.215 e. The van der Waals surface area contributed by atoms with Gasteiger partial charge in [0.05, 0.1) is 24.8 Å². The predicted octanol–water partition coefficient (Wildman–Crippen LogP) is 1.67. The van der Waals surface area contributed by atoms with Crippen LogP contribution < -0.4 is 10.1 Å². The number of aromatic amines is 1. The third-order valence-electron chi connectivity index (χ3n) is 3.64. The number of pyridine rings is 1. The highest BCUT2D eigenvalue weighted by atomic mass is 16.5. The molecule has 0 bridgehead atoms. The fourth-order valence-corrected chi connectivity index (χ4v) is 2.56. The normalized spacial score (nSPS) is 16.4. The van der Waals surface area contributed by atoms with E-state index in [0.29, 0.717) is 30.8 Å². The van der Waals surface area contributed by atoms with E-state index in [-0.39, 0.29) is 0 Å². The highest BCUT2D eigenvalue weighted by Crippen LogP contribution is 2.15. The van der Waals surface area contributed by atoms with Crippen LogP contribution in [0.2, 0.25) is 0 Å². The zero-order valence-electron chi connectivity index (χ0n) is 12.4. The van der Waals surface area contributed by atoms with Gasteiger partial charge in [0.1, 0.15) is 5.82 Å². The Kier molecular flexibility index (Phi) is 4.67. The molecule has 2 aromatic heterocycles. The van der Waals surface area contributed by atoms with E-state index in [1.807, 2.05) is 19.1 Å². The topological polar surface area (TPSA) is 72.1 Å². The Hall–Kier alpha value is -1.66. The molecule has 1 saturated heterocycles. The summed E-state index contributed by atoms with van der Waals surface area (Å²) in [6, 6.07) is 3.82. The van der Waals surface area contributed by atoms with Crippen LogP contribution in [0.5, 0.6) is 5.88 Å². The third-order valence-corrected chi connectivity index (χ3v) is 3.64. The predicted molar refractivity (Wildman–Crippen MR) is 80.6 cm³/mol. The van der Waals surface area contributed by atoms with E-state index in [0.717, 1.165) is 43.7 Å². The number of piperidine rings is 1. The number of nitrogens with one attached hydrogen (secondary N) is 2. The fourth-order valence-electron chi connectivity index (χ4n) is 2.56. The summed E-state index contributed by atoms with van der Waals surface area (Å²) in [5, 5.41) is 3.34. The van der Waals surface area contributed by atoms with Crippen LogP contribution in [0.25, 0.3) is 11.2 Å². The van der Waals surface area contributed by atoms with E-state index in [1.54, 1.807) is 0 Å². The molecule has 1 aliphatic rings. The van der Waals surface area contributed by atoms with E-state index >= 15 is 0 Å². The number of aromatic nitrogens is 3. The standard InChI is InChI=1S/C15H22N4O2/c1-2-20-14-4-3-12-15(19-14)18-13(17-12)7-10-21-11-5-8-16-9-6-11/h3-4,11,16H,2,5-10H2,1H3,(H,17,18,19). The Morgan fingerprint density at radius 2 is 2.10 bits per heavy atom. The monoisotopic (exact) mass is 290 g/mol. The van der Waals surface area contributed by atoms with Crippen LogP contribution in [-0.4, -0.2) is 47.4 Å². The molecule has 0 aliphatic carbocycles. The second kappa shape index (κ2) is 6.87. The number of rotatable bonds is 6. The number of nitrogens with zero attached hydrogens (tertiary/aromatic N) is 2. The van der Waals surface area contributed by atoms with Crippen LogP contribution in [0.4, 0.5) is 0 Å². The lowest BCUT2D eigenvalue weighted by Crippen LogP contribution is -2.32. The number of hydrogen-bond acceptors (Lipinski definition) is 5. The quantitative estimate of drug-likeness (QED) is 0.846. The smallest absolute Gasteiger partial charge is 0.215 e. The second-order valence-electron chi connectivity index (χ2n) is 5.21. The molecule has 2 aromatic rings. The Morgan fingerprint density at radius 1 is 1.24 bits per heavy atom. The minimum absolute atomic E-state index is 0.387. The van der Waals surface area contributed by atoms with Crippen molar-refractivity contribution < 1.29 is 9.47 Å². The summed E-state index contributed by atoms with van der Waals surface area (Å²) < 4.78 is 11.3. The molecule has 3 rings (SSSR count). The molecule has 6 nitrogen and oxygen atoms in total. The van der Waals surface area contributed by atoms with E-state index < -0.39 is 0 Å². The average molecular weight is 290 g/mol. The molecular formula is C15H22N4O2. The van der Waals surface area contributed by atoms with Crippen molar-refractivity contribution in [2.24, 2.45) is 0 Å². The number of imidazole rings is 1. The molecule has 3 heterocycles. The molecule has 0 unspecified atom stereocenters. The highest BCUT2D eigenvalue weighted by Gasteiger charge is 2.13. The van der Waals surface area contributed by atoms with Crippen LogP contribution in [0, 0.1) is 0 Å². The highest BCUT2D eigenvalue weighted by molar-refractivity contribution is 5.71. The number of H-pyrrole nitrogens is 1. The van der Waals surface area contributed by atoms with E-state index in [2.05, 4.69) is 20.3 Å². The van der Waals surface area contributed by atoms with Gasteiger partial charge in [-0.2, -0.15) is 4.98 Å². The molecule has 114 valence electrons. The van der Waals surface area contributed by atoms with Gasteiger partial charge in [-0.1, -0.05) is 0 Å². The Bertz CT molecular complexity index is 578. The number of fused-ring (bicyclic) bond motifs is 1. The van der Waals surface area contributed by atoms with Crippen molar-refractivity contribution >= 4 is 11.2 Å². The summed E-state index contributed by atoms with van der Waals surface area (Å²) in [7, 11) is 0. The zero-order chi connectivity index (χ0) is 14.5. The molecule has 1 fully saturated rings. The molecule has 21 heavy (non-hydrogen) atoms. The minimum atomic E-state index is 0.387. The van der Waals surface area contributed by atoms with Crippen molar-refractivity contribution in [3.8, 4) is 5.88 Å². The summed E-state index contributed by atoms with van der Waals surface area (Å²) in [6.07, 6.45) is 3.36. The second-order valence-corrected chi connectivity index (χ2v) is 5.21. The molecule has 0 amide bonds. The molecule has 6 heteroatoms. The lowest BCUT2D eigenvalue weighted by Gasteiger charge is -2.22. The van der Waals surface area contributed by atoms with Gasteiger partial charge in [-0.3, -0.25) is 0 Å². The van der Waals surface area contributed by atoms with Crippen molar-refractivity contribution in [3.63, 3.8) is 0 Å². The summed E-state index contributed by atoms with van der Waals surface area (Å²) >= 11 is 0. The third kappa shape index (κ3) is 3.71. The fraction of sp³-hybridized carbons (Fsp3) is 0.600. The van der Waals surface area contributed by atoms with Crippen LogP contribution in [0.15, 0.2) is 12.1 Å². The van der Waals surface area contributed by atoms with Crippen LogP contribution in [0.1, 0.15) is 25.6 Å².